The number of piperidine rings is 1. The number of hydrogen-bond acceptors (Lipinski definition) is 6. The summed E-state index contributed by atoms with van der Waals surface area (Å²) in [6.45, 7) is 1.47. The summed E-state index contributed by atoms with van der Waals surface area (Å²) in [5.41, 5.74) is 0.676. The van der Waals surface area contributed by atoms with Gasteiger partial charge in [0.2, 0.25) is 0 Å². The van der Waals surface area contributed by atoms with Crippen molar-refractivity contribution in [3.63, 3.8) is 0 Å². The van der Waals surface area contributed by atoms with Gasteiger partial charge >= 0.3 is 5.97 Å². The summed E-state index contributed by atoms with van der Waals surface area (Å²) in [5.74, 6) is -0.330. The van der Waals surface area contributed by atoms with Crippen LogP contribution in [-0.2, 0) is 14.9 Å². The number of nitrogens with zero attached hydrogens (tertiary/aromatic N) is 2. The number of thiazole rings is 1. The Kier molecular flexibility index (Phi) is 4.03. The summed E-state index contributed by atoms with van der Waals surface area (Å²) in [6.07, 6.45) is 5.82. The normalized spacial score (nSPS) is 31.9. The van der Waals surface area contributed by atoms with Crippen molar-refractivity contribution in [1.29, 1.82) is 0 Å². The molecule has 3 atom stereocenters. The number of carbonyl (C=O) groups is 1. The number of hydrogen-bond donors (Lipinski definition) is 1. The average molecular weight is 310 g/mol. The number of carbonyl (C=O) groups excluding carboxylic acids is 1. The summed E-state index contributed by atoms with van der Waals surface area (Å²) in [7, 11) is 2.16. The first-order chi connectivity index (χ1) is 10.0. The lowest BCUT2D eigenvalue weighted by Crippen LogP contribution is -2.46. The maximum atomic E-state index is 12.6. The van der Waals surface area contributed by atoms with E-state index in [9.17, 15) is 9.90 Å². The first kappa shape index (κ1) is 14.9. The Hall–Kier alpha value is -0.980. The lowest BCUT2D eigenvalue weighted by Gasteiger charge is -2.37. The van der Waals surface area contributed by atoms with Crippen molar-refractivity contribution in [1.82, 2.24) is 9.88 Å². The molecule has 0 amide bonds. The first-order valence-corrected chi connectivity index (χ1v) is 8.35. The molecule has 5 nitrogen and oxygen atoms in total. The third-order valence-electron chi connectivity index (χ3n) is 5.07. The number of rotatable bonds is 4. The van der Waals surface area contributed by atoms with Gasteiger partial charge in [-0.15, -0.1) is 11.3 Å². The fraction of sp³-hybridized carbons (Fsp3) is 0.733. The highest BCUT2D eigenvalue weighted by Gasteiger charge is 2.43. The van der Waals surface area contributed by atoms with E-state index in [0.717, 1.165) is 17.7 Å². The Labute approximate surface area is 128 Å². The Morgan fingerprint density at radius 3 is 2.71 bits per heavy atom. The van der Waals surface area contributed by atoms with Gasteiger partial charge < -0.3 is 14.7 Å². The molecule has 0 radical (unpaired) electrons. The zero-order chi connectivity index (χ0) is 15.0. The molecule has 0 spiro atoms. The third kappa shape index (κ3) is 2.60. The fourth-order valence-corrected chi connectivity index (χ4v) is 4.24. The van der Waals surface area contributed by atoms with Crippen LogP contribution in [0.15, 0.2) is 11.7 Å². The van der Waals surface area contributed by atoms with Crippen molar-refractivity contribution in [2.45, 2.75) is 56.2 Å². The van der Waals surface area contributed by atoms with Gasteiger partial charge in [0.15, 0.2) is 0 Å². The van der Waals surface area contributed by atoms with E-state index in [1.165, 1.54) is 24.2 Å². The van der Waals surface area contributed by atoms with Crippen LogP contribution in [0.3, 0.4) is 0 Å². The molecule has 6 heteroatoms. The number of aliphatic hydroxyl groups excluding tert-OH is 1. The minimum atomic E-state index is -0.996. The van der Waals surface area contributed by atoms with E-state index in [2.05, 4.69) is 16.9 Å². The van der Waals surface area contributed by atoms with Gasteiger partial charge in [0, 0.05) is 23.2 Å². The summed E-state index contributed by atoms with van der Waals surface area (Å²) in [4.78, 5) is 19.7. The SMILES string of the molecule is CN1C2CCC1CC(OC(=O)C(C)(CO)c1cncs1)C2. The van der Waals surface area contributed by atoms with Gasteiger partial charge in [-0.25, -0.2) is 0 Å². The molecule has 1 N–H and O–H groups in total. The second-order valence-electron chi connectivity index (χ2n) is 6.41. The molecule has 3 unspecified atom stereocenters. The van der Waals surface area contributed by atoms with Crippen LogP contribution < -0.4 is 0 Å². The van der Waals surface area contributed by atoms with Crippen LogP contribution >= 0.6 is 11.3 Å². The second-order valence-corrected chi connectivity index (χ2v) is 7.29. The van der Waals surface area contributed by atoms with Crippen molar-refractivity contribution in [3.8, 4) is 0 Å². The smallest absolute Gasteiger partial charge is 0.319 e. The summed E-state index contributed by atoms with van der Waals surface area (Å²) in [5, 5.41) is 9.69. The van der Waals surface area contributed by atoms with Gasteiger partial charge in [0.1, 0.15) is 11.5 Å². The highest BCUT2D eigenvalue weighted by atomic mass is 32.1. The molecule has 116 valence electrons. The zero-order valence-electron chi connectivity index (χ0n) is 12.5. The number of aromatic nitrogens is 1. The lowest BCUT2D eigenvalue weighted by atomic mass is 9.90. The van der Waals surface area contributed by atoms with E-state index < -0.39 is 5.41 Å². The highest BCUT2D eigenvalue weighted by molar-refractivity contribution is 7.09. The first-order valence-electron chi connectivity index (χ1n) is 7.47. The lowest BCUT2D eigenvalue weighted by molar-refractivity contribution is -0.160. The predicted octanol–water partition coefficient (Wildman–Crippen LogP) is 1.56. The van der Waals surface area contributed by atoms with Crippen molar-refractivity contribution in [2.75, 3.05) is 13.7 Å². The van der Waals surface area contributed by atoms with Crippen LogP contribution in [0.1, 0.15) is 37.5 Å². The average Bonchev–Trinajstić information content (AvgIpc) is 3.06. The molecule has 2 aliphatic heterocycles. The van der Waals surface area contributed by atoms with Crippen molar-refractivity contribution < 1.29 is 14.6 Å². The van der Waals surface area contributed by atoms with Gasteiger partial charge in [-0.3, -0.25) is 9.78 Å². The van der Waals surface area contributed by atoms with Crippen LogP contribution in [0, 0.1) is 0 Å². The van der Waals surface area contributed by atoms with E-state index in [1.807, 2.05) is 0 Å². The number of fused-ring (bicyclic) bond motifs is 2. The second kappa shape index (κ2) is 5.66. The molecular formula is C15H22N2O3S. The Morgan fingerprint density at radius 1 is 1.52 bits per heavy atom. The topological polar surface area (TPSA) is 62.7 Å². The molecule has 21 heavy (non-hydrogen) atoms. The Balaban J connectivity index is 1.69. The van der Waals surface area contributed by atoms with E-state index in [4.69, 9.17) is 4.74 Å². The molecule has 2 saturated heterocycles. The van der Waals surface area contributed by atoms with E-state index in [-0.39, 0.29) is 18.7 Å². The van der Waals surface area contributed by atoms with Crippen LogP contribution in [0.2, 0.25) is 0 Å². The van der Waals surface area contributed by atoms with Crippen LogP contribution in [-0.4, -0.2) is 52.8 Å². The van der Waals surface area contributed by atoms with E-state index >= 15 is 0 Å². The molecule has 3 heterocycles. The molecule has 1 aromatic rings. The zero-order valence-corrected chi connectivity index (χ0v) is 13.3. The maximum absolute atomic E-state index is 12.6. The molecule has 3 rings (SSSR count). The minimum Gasteiger partial charge on any atom is -0.462 e. The third-order valence-corrected chi connectivity index (χ3v) is 6.11. The van der Waals surface area contributed by atoms with E-state index in [0.29, 0.717) is 12.1 Å². The van der Waals surface area contributed by atoms with Crippen LogP contribution in [0.5, 0.6) is 0 Å². The molecule has 2 fully saturated rings. The largest absolute Gasteiger partial charge is 0.462 e. The van der Waals surface area contributed by atoms with Gasteiger partial charge in [-0.1, -0.05) is 0 Å². The van der Waals surface area contributed by atoms with Crippen molar-refractivity contribution in [2.24, 2.45) is 0 Å². The fourth-order valence-electron chi connectivity index (χ4n) is 3.47. The molecule has 0 aromatic carbocycles. The van der Waals surface area contributed by atoms with Gasteiger partial charge in [0.05, 0.1) is 12.1 Å². The van der Waals surface area contributed by atoms with Crippen LogP contribution in [0.25, 0.3) is 0 Å². The van der Waals surface area contributed by atoms with Gasteiger partial charge in [0.25, 0.3) is 0 Å². The Morgan fingerprint density at radius 2 is 2.19 bits per heavy atom. The molecule has 1 aromatic heterocycles. The molecular weight excluding hydrogens is 288 g/mol. The summed E-state index contributed by atoms with van der Waals surface area (Å²) < 4.78 is 5.75. The standard InChI is InChI=1S/C15H22N2O3S/c1-15(8-18,13-7-16-9-21-13)14(19)20-12-5-10-3-4-11(6-12)17(10)2/h7,9-12,18H,3-6,8H2,1-2H3. The molecule has 2 bridgehead atoms. The maximum Gasteiger partial charge on any atom is 0.319 e. The summed E-state index contributed by atoms with van der Waals surface area (Å²) in [6, 6.07) is 1.07. The molecule has 2 aliphatic rings. The minimum absolute atomic E-state index is 0.0232. The number of esters is 1. The van der Waals surface area contributed by atoms with Crippen molar-refractivity contribution >= 4 is 17.3 Å². The summed E-state index contributed by atoms with van der Waals surface area (Å²) >= 11 is 1.38. The monoisotopic (exact) mass is 310 g/mol. The number of ether oxygens (including phenoxy) is 1. The predicted molar refractivity (Wildman–Crippen MR) is 80.2 cm³/mol. The molecule has 0 saturated carbocycles. The number of aliphatic hydroxyl groups is 1. The molecule has 0 aliphatic carbocycles. The van der Waals surface area contributed by atoms with Gasteiger partial charge in [-0.05, 0) is 39.7 Å². The van der Waals surface area contributed by atoms with Crippen molar-refractivity contribution in [3.05, 3.63) is 16.6 Å². The van der Waals surface area contributed by atoms with Gasteiger partial charge in [-0.2, -0.15) is 0 Å². The Bertz CT molecular complexity index is 493. The quantitative estimate of drug-likeness (QED) is 0.855. The van der Waals surface area contributed by atoms with E-state index in [1.54, 1.807) is 18.6 Å². The highest BCUT2D eigenvalue weighted by Crippen LogP contribution is 2.37. The van der Waals surface area contributed by atoms with Crippen LogP contribution in [0.4, 0.5) is 0 Å².